The Morgan fingerprint density at radius 1 is 1.85 bits per heavy atom. The maximum atomic E-state index is 11.3. The van der Waals surface area contributed by atoms with Crippen molar-refractivity contribution in [1.29, 1.82) is 0 Å². The Balaban J connectivity index is 2.68. The lowest BCUT2D eigenvalue weighted by Gasteiger charge is -2.10. The molecule has 71 valence electrons. The average Bonchev–Trinajstić information content (AvgIpc) is 2.59. The van der Waals surface area contributed by atoms with Gasteiger partial charge in [-0.25, -0.2) is 0 Å². The summed E-state index contributed by atoms with van der Waals surface area (Å²) in [5.41, 5.74) is 0. The summed E-state index contributed by atoms with van der Waals surface area (Å²) in [6, 6.07) is 0. The molecule has 1 unspecified atom stereocenters. The number of nitrogens with zero attached hydrogens (tertiary/aromatic N) is 2. The molecule has 0 saturated carbocycles. The quantitative estimate of drug-likeness (QED) is 0.655. The summed E-state index contributed by atoms with van der Waals surface area (Å²) in [7, 11) is 1.43. The molecule has 1 aromatic rings. The van der Waals surface area contributed by atoms with Crippen molar-refractivity contribution in [1.82, 2.24) is 20.5 Å². The van der Waals surface area contributed by atoms with Gasteiger partial charge < -0.3 is 15.0 Å². The number of H-pyrrole nitrogens is 1. The second-order valence-corrected chi connectivity index (χ2v) is 2.33. The highest BCUT2D eigenvalue weighted by Crippen LogP contribution is 2.09. The maximum absolute atomic E-state index is 11.3. The van der Waals surface area contributed by atoms with Crippen molar-refractivity contribution in [2.45, 2.75) is 13.0 Å². The predicted molar refractivity (Wildman–Crippen MR) is 43.7 cm³/mol. The highest BCUT2D eigenvalue weighted by Gasteiger charge is 2.21. The number of carbonyl (C=O) groups is 1. The van der Waals surface area contributed by atoms with E-state index < -0.39 is 6.10 Å². The fourth-order valence-corrected chi connectivity index (χ4v) is 0.914. The van der Waals surface area contributed by atoms with E-state index in [-0.39, 0.29) is 5.91 Å². The Labute approximate surface area is 75.7 Å². The normalized spacial score (nSPS) is 12.5. The Kier molecular flexibility index (Phi) is 3.39. The summed E-state index contributed by atoms with van der Waals surface area (Å²) in [4.78, 5) is 13.9. The molecule has 0 aliphatic heterocycles. The largest absolute Gasteiger partial charge is 0.364 e. The van der Waals surface area contributed by atoms with Crippen molar-refractivity contribution in [3.8, 4) is 0 Å². The van der Waals surface area contributed by atoms with Crippen LogP contribution in [0.3, 0.4) is 0 Å². The van der Waals surface area contributed by atoms with Crippen molar-refractivity contribution in [3.05, 3.63) is 12.2 Å². The van der Waals surface area contributed by atoms with Gasteiger partial charge in [-0.05, 0) is 6.92 Å². The molecule has 0 saturated heterocycles. The lowest BCUT2D eigenvalue weighted by atomic mass is 10.3. The van der Waals surface area contributed by atoms with Gasteiger partial charge in [0, 0.05) is 13.7 Å². The molecule has 0 aliphatic rings. The van der Waals surface area contributed by atoms with E-state index >= 15 is 0 Å². The van der Waals surface area contributed by atoms with Gasteiger partial charge >= 0.3 is 0 Å². The number of aromatic amines is 1. The van der Waals surface area contributed by atoms with Crippen LogP contribution in [0.2, 0.25) is 0 Å². The highest BCUT2D eigenvalue weighted by atomic mass is 16.5. The minimum absolute atomic E-state index is 0.241. The van der Waals surface area contributed by atoms with Gasteiger partial charge in [-0.2, -0.15) is 0 Å². The number of carbonyl (C=O) groups excluding carboxylic acids is 1. The standard InChI is InChI=1S/C7H11N4O2/c1-3-8-7(12)5(13-2)6-9-4-10-11-6/h5H,3H2,1-2H3,(H,8,12)(H,9,10,11). The molecule has 0 spiro atoms. The lowest BCUT2D eigenvalue weighted by molar-refractivity contribution is -0.131. The number of aromatic nitrogens is 3. The SMILES string of the molecule is CCNC(=O)C(OC)c1nn[c][nH]1. The molecular weight excluding hydrogens is 172 g/mol. The van der Waals surface area contributed by atoms with E-state index in [0.29, 0.717) is 12.4 Å². The van der Waals surface area contributed by atoms with Crippen LogP contribution in [0.15, 0.2) is 0 Å². The van der Waals surface area contributed by atoms with E-state index in [1.807, 2.05) is 6.92 Å². The van der Waals surface area contributed by atoms with Crippen LogP contribution < -0.4 is 5.32 Å². The van der Waals surface area contributed by atoms with Crippen molar-refractivity contribution in [2.75, 3.05) is 13.7 Å². The van der Waals surface area contributed by atoms with E-state index in [1.54, 1.807) is 0 Å². The number of methoxy groups -OCH3 is 1. The number of likely N-dealkylation sites (N-methyl/N-ethyl adjacent to an activating group) is 1. The van der Waals surface area contributed by atoms with Gasteiger partial charge in [0.2, 0.25) is 0 Å². The Bertz CT molecular complexity index is 259. The first-order chi connectivity index (χ1) is 6.29. The number of ether oxygens (including phenoxy) is 1. The van der Waals surface area contributed by atoms with E-state index in [0.717, 1.165) is 0 Å². The third-order valence-corrected chi connectivity index (χ3v) is 1.46. The molecule has 1 rings (SSSR count). The van der Waals surface area contributed by atoms with Crippen molar-refractivity contribution in [3.63, 3.8) is 0 Å². The van der Waals surface area contributed by atoms with Gasteiger partial charge in [0.15, 0.2) is 18.3 Å². The lowest BCUT2D eigenvalue weighted by Crippen LogP contribution is -2.30. The molecule has 0 aliphatic carbocycles. The van der Waals surface area contributed by atoms with Crippen LogP contribution in [-0.4, -0.2) is 34.7 Å². The van der Waals surface area contributed by atoms with Crippen molar-refractivity contribution >= 4 is 5.91 Å². The molecule has 6 nitrogen and oxygen atoms in total. The molecule has 1 radical (unpaired) electrons. The van der Waals surface area contributed by atoms with Gasteiger partial charge in [0.25, 0.3) is 5.91 Å². The van der Waals surface area contributed by atoms with Gasteiger partial charge in [0.1, 0.15) is 0 Å². The van der Waals surface area contributed by atoms with Crippen molar-refractivity contribution < 1.29 is 9.53 Å². The maximum Gasteiger partial charge on any atom is 0.257 e. The molecule has 0 bridgehead atoms. The van der Waals surface area contributed by atoms with Crippen LogP contribution in [0, 0.1) is 6.33 Å². The Morgan fingerprint density at radius 2 is 2.62 bits per heavy atom. The van der Waals surface area contributed by atoms with Crippen LogP contribution in [-0.2, 0) is 9.53 Å². The molecule has 0 aromatic carbocycles. The topological polar surface area (TPSA) is 79.9 Å². The summed E-state index contributed by atoms with van der Waals surface area (Å²) in [5.74, 6) is 0.114. The first-order valence-corrected chi connectivity index (χ1v) is 3.88. The summed E-state index contributed by atoms with van der Waals surface area (Å²) in [6.07, 6.45) is 1.66. The Morgan fingerprint density at radius 3 is 3.08 bits per heavy atom. The molecular formula is C7H11N4O2. The summed E-state index contributed by atoms with van der Waals surface area (Å²) >= 11 is 0. The second kappa shape index (κ2) is 4.56. The first-order valence-electron chi connectivity index (χ1n) is 3.88. The fraction of sp³-hybridized carbons (Fsp3) is 0.571. The summed E-state index contributed by atoms with van der Waals surface area (Å²) in [6.45, 7) is 2.38. The minimum Gasteiger partial charge on any atom is -0.364 e. The van der Waals surface area contributed by atoms with E-state index in [1.165, 1.54) is 7.11 Å². The van der Waals surface area contributed by atoms with Gasteiger partial charge in [-0.15, -0.1) is 10.2 Å². The fourth-order valence-electron chi connectivity index (χ4n) is 0.914. The van der Waals surface area contributed by atoms with Crippen LogP contribution in [0.5, 0.6) is 0 Å². The zero-order chi connectivity index (χ0) is 9.68. The van der Waals surface area contributed by atoms with Crippen LogP contribution in [0.1, 0.15) is 18.9 Å². The number of nitrogens with one attached hydrogen (secondary N) is 2. The van der Waals surface area contributed by atoms with Crippen LogP contribution in [0.4, 0.5) is 0 Å². The zero-order valence-corrected chi connectivity index (χ0v) is 7.50. The van der Waals surface area contributed by atoms with Gasteiger partial charge in [-0.3, -0.25) is 4.79 Å². The number of hydrogen-bond donors (Lipinski definition) is 2. The molecule has 6 heteroatoms. The smallest absolute Gasteiger partial charge is 0.257 e. The zero-order valence-electron chi connectivity index (χ0n) is 7.50. The molecule has 1 aromatic heterocycles. The molecule has 0 fully saturated rings. The highest BCUT2D eigenvalue weighted by molar-refractivity contribution is 5.81. The number of rotatable bonds is 4. The van der Waals surface area contributed by atoms with Crippen LogP contribution in [0.25, 0.3) is 0 Å². The third-order valence-electron chi connectivity index (χ3n) is 1.46. The predicted octanol–water partition coefficient (Wildman–Crippen LogP) is -0.572. The number of amides is 1. The summed E-state index contributed by atoms with van der Waals surface area (Å²) < 4.78 is 4.94. The second-order valence-electron chi connectivity index (χ2n) is 2.33. The average molecular weight is 183 g/mol. The van der Waals surface area contributed by atoms with Gasteiger partial charge in [0.05, 0.1) is 0 Å². The first kappa shape index (κ1) is 9.66. The molecule has 1 atom stereocenters. The van der Waals surface area contributed by atoms with Gasteiger partial charge in [-0.1, -0.05) is 0 Å². The van der Waals surface area contributed by atoms with Crippen molar-refractivity contribution in [2.24, 2.45) is 0 Å². The van der Waals surface area contributed by atoms with E-state index in [9.17, 15) is 4.79 Å². The van der Waals surface area contributed by atoms with Crippen LogP contribution >= 0.6 is 0 Å². The monoisotopic (exact) mass is 183 g/mol. The minimum atomic E-state index is -0.737. The Hall–Kier alpha value is -1.43. The molecule has 2 N–H and O–H groups in total. The number of hydrogen-bond acceptors (Lipinski definition) is 4. The molecule has 1 amide bonds. The third kappa shape index (κ3) is 2.25. The van der Waals surface area contributed by atoms with E-state index in [2.05, 4.69) is 26.8 Å². The molecule has 1 heterocycles. The summed E-state index contributed by atoms with van der Waals surface area (Å²) in [5, 5.41) is 9.71. The molecule has 13 heavy (non-hydrogen) atoms. The van der Waals surface area contributed by atoms with E-state index in [4.69, 9.17) is 4.74 Å².